The Hall–Kier alpha value is -2.43. The van der Waals surface area contributed by atoms with Crippen LogP contribution in [0.25, 0.3) is 10.8 Å². The second-order valence-electron chi connectivity index (χ2n) is 7.12. The molecule has 158 valence electrons. The number of fused-ring (bicyclic) bond motifs is 1. The Balaban J connectivity index is 1.30. The van der Waals surface area contributed by atoms with Crippen LogP contribution in [0.5, 0.6) is 0 Å². The third-order valence-corrected chi connectivity index (χ3v) is 7.99. The largest absolute Gasteiger partial charge is 0.355 e. The van der Waals surface area contributed by atoms with E-state index in [1.165, 1.54) is 22.4 Å². The van der Waals surface area contributed by atoms with E-state index < -0.39 is 10.0 Å². The van der Waals surface area contributed by atoms with E-state index in [9.17, 15) is 13.2 Å². The van der Waals surface area contributed by atoms with Gasteiger partial charge in [-0.25, -0.2) is 13.4 Å². The highest BCUT2D eigenvalue weighted by Crippen LogP contribution is 2.26. The molecule has 0 aliphatic carbocycles. The number of carbonyl (C=O) groups excluding carboxylic acids is 1. The van der Waals surface area contributed by atoms with Crippen LogP contribution in [0.15, 0.2) is 58.8 Å². The van der Waals surface area contributed by atoms with Gasteiger partial charge in [-0.05, 0) is 35.7 Å². The topological polar surface area (TPSA) is 108 Å². The van der Waals surface area contributed by atoms with Crippen molar-refractivity contribution in [3.05, 3.63) is 48.8 Å². The van der Waals surface area contributed by atoms with Crippen LogP contribution in [-0.4, -0.2) is 59.2 Å². The smallest absolute Gasteiger partial charge is 0.243 e. The van der Waals surface area contributed by atoms with E-state index >= 15 is 0 Å². The minimum atomic E-state index is -3.57. The number of benzene rings is 2. The molecule has 0 bridgehead atoms. The molecule has 1 amide bonds. The van der Waals surface area contributed by atoms with Gasteiger partial charge in [0.25, 0.3) is 0 Å². The maximum Gasteiger partial charge on any atom is 0.243 e. The summed E-state index contributed by atoms with van der Waals surface area (Å²) < 4.78 is 27.6. The van der Waals surface area contributed by atoms with E-state index in [0.717, 1.165) is 15.9 Å². The lowest BCUT2D eigenvalue weighted by atomic mass is 9.97. The fourth-order valence-electron chi connectivity index (χ4n) is 3.57. The minimum Gasteiger partial charge on any atom is -0.355 e. The molecule has 30 heavy (non-hydrogen) atoms. The average molecular weight is 446 g/mol. The highest BCUT2D eigenvalue weighted by molar-refractivity contribution is 7.99. The van der Waals surface area contributed by atoms with Gasteiger partial charge in [-0.2, -0.15) is 9.40 Å². The third kappa shape index (κ3) is 4.66. The first-order chi connectivity index (χ1) is 14.5. The van der Waals surface area contributed by atoms with Gasteiger partial charge in [0.1, 0.15) is 6.33 Å². The summed E-state index contributed by atoms with van der Waals surface area (Å²) in [5.74, 6) is 0.509. The molecule has 2 aromatic carbocycles. The molecule has 0 atom stereocenters. The number of aromatic amines is 1. The van der Waals surface area contributed by atoms with Crippen LogP contribution in [0.3, 0.4) is 0 Å². The van der Waals surface area contributed by atoms with Crippen molar-refractivity contribution in [1.82, 2.24) is 24.8 Å². The number of H-pyrrole nitrogens is 1. The van der Waals surface area contributed by atoms with E-state index in [0.29, 0.717) is 43.1 Å². The molecule has 10 heteroatoms. The molecule has 0 radical (unpaired) electrons. The van der Waals surface area contributed by atoms with Gasteiger partial charge in [0, 0.05) is 31.3 Å². The van der Waals surface area contributed by atoms with Gasteiger partial charge in [0.2, 0.25) is 15.9 Å². The molecule has 1 saturated heterocycles. The number of nitrogens with one attached hydrogen (secondary N) is 2. The summed E-state index contributed by atoms with van der Waals surface area (Å²) in [6.45, 7) is 1.22. The molecule has 0 spiro atoms. The van der Waals surface area contributed by atoms with E-state index in [2.05, 4.69) is 20.5 Å². The Bertz CT molecular complexity index is 1110. The lowest BCUT2D eigenvalue weighted by Crippen LogP contribution is -2.43. The maximum atomic E-state index is 13.0. The fraction of sp³-hybridized carbons (Fsp3) is 0.350. The zero-order chi connectivity index (χ0) is 21.0. The molecule has 1 aliphatic heterocycles. The molecule has 0 saturated carbocycles. The third-order valence-electron chi connectivity index (χ3n) is 5.22. The summed E-state index contributed by atoms with van der Waals surface area (Å²) >= 11 is 1.49. The number of thioether (sulfide) groups is 1. The molecule has 2 heterocycles. The van der Waals surface area contributed by atoms with Gasteiger partial charge >= 0.3 is 0 Å². The molecule has 2 N–H and O–H groups in total. The van der Waals surface area contributed by atoms with Crippen molar-refractivity contribution in [2.45, 2.75) is 22.9 Å². The van der Waals surface area contributed by atoms with Gasteiger partial charge in [-0.1, -0.05) is 42.1 Å². The summed E-state index contributed by atoms with van der Waals surface area (Å²) in [5, 5.41) is 12.1. The number of carbonyl (C=O) groups is 1. The van der Waals surface area contributed by atoms with Crippen molar-refractivity contribution < 1.29 is 13.2 Å². The van der Waals surface area contributed by atoms with Crippen molar-refractivity contribution in [2.75, 3.05) is 25.4 Å². The molecular formula is C20H23N5O3S2. The first kappa shape index (κ1) is 20.8. The van der Waals surface area contributed by atoms with Crippen molar-refractivity contribution in [1.29, 1.82) is 0 Å². The summed E-state index contributed by atoms with van der Waals surface area (Å²) in [6, 6.07) is 12.9. The number of nitrogens with zero attached hydrogens (tertiary/aromatic N) is 3. The lowest BCUT2D eigenvalue weighted by Gasteiger charge is -2.30. The zero-order valence-corrected chi connectivity index (χ0v) is 18.0. The van der Waals surface area contributed by atoms with Crippen molar-refractivity contribution in [3.63, 3.8) is 0 Å². The molecule has 3 aromatic rings. The van der Waals surface area contributed by atoms with Crippen LogP contribution in [0.1, 0.15) is 12.8 Å². The van der Waals surface area contributed by atoms with E-state index in [1.807, 2.05) is 30.3 Å². The number of hydrogen-bond donors (Lipinski definition) is 2. The molecule has 1 aromatic heterocycles. The molecule has 1 aliphatic rings. The van der Waals surface area contributed by atoms with Gasteiger partial charge in [-0.3, -0.25) is 9.89 Å². The van der Waals surface area contributed by atoms with Crippen LogP contribution < -0.4 is 5.32 Å². The van der Waals surface area contributed by atoms with Crippen molar-refractivity contribution in [2.24, 2.45) is 5.92 Å². The quantitative estimate of drug-likeness (QED) is 0.427. The van der Waals surface area contributed by atoms with Gasteiger partial charge in [0.05, 0.1) is 4.90 Å². The normalized spacial score (nSPS) is 16.0. The number of aromatic nitrogens is 3. The summed E-state index contributed by atoms with van der Waals surface area (Å²) in [6.07, 6.45) is 2.49. The minimum absolute atomic E-state index is 0.0177. The van der Waals surface area contributed by atoms with E-state index in [-0.39, 0.29) is 11.8 Å². The number of rotatable bonds is 7. The number of piperidine rings is 1. The van der Waals surface area contributed by atoms with Gasteiger partial charge in [0.15, 0.2) is 5.16 Å². The number of sulfonamides is 1. The fourth-order valence-corrected chi connectivity index (χ4v) is 5.71. The predicted octanol–water partition coefficient (Wildman–Crippen LogP) is 2.27. The standard InChI is InChI=1S/C20H23N5O3S2/c26-19(21-9-12-29-20-22-14-23-24-20)16-7-10-25(11-8-16)30(27,28)18-6-5-15-3-1-2-4-17(15)13-18/h1-6,13-14,16H,7-12H2,(H,21,26)(H,22,23,24). The average Bonchev–Trinajstić information content (AvgIpc) is 3.30. The van der Waals surface area contributed by atoms with Crippen LogP contribution in [0.4, 0.5) is 0 Å². The second kappa shape index (κ2) is 9.15. The van der Waals surface area contributed by atoms with Gasteiger partial charge in [-0.15, -0.1) is 0 Å². The van der Waals surface area contributed by atoms with Gasteiger partial charge < -0.3 is 5.32 Å². The van der Waals surface area contributed by atoms with Crippen LogP contribution in [0, 0.1) is 5.92 Å². The van der Waals surface area contributed by atoms with Crippen LogP contribution >= 0.6 is 11.8 Å². The van der Waals surface area contributed by atoms with E-state index in [4.69, 9.17) is 0 Å². The Morgan fingerprint density at radius 2 is 1.93 bits per heavy atom. The number of amides is 1. The monoisotopic (exact) mass is 445 g/mol. The highest BCUT2D eigenvalue weighted by atomic mass is 32.2. The van der Waals surface area contributed by atoms with Crippen molar-refractivity contribution in [3.8, 4) is 0 Å². The maximum absolute atomic E-state index is 13.0. The Morgan fingerprint density at radius 3 is 2.67 bits per heavy atom. The Morgan fingerprint density at radius 1 is 1.17 bits per heavy atom. The summed E-state index contributed by atoms with van der Waals surface area (Å²) in [7, 11) is -3.57. The van der Waals surface area contributed by atoms with Crippen molar-refractivity contribution >= 4 is 38.5 Å². The zero-order valence-electron chi connectivity index (χ0n) is 16.3. The van der Waals surface area contributed by atoms with E-state index in [1.54, 1.807) is 12.1 Å². The van der Waals surface area contributed by atoms with Crippen LogP contribution in [-0.2, 0) is 14.8 Å². The first-order valence-electron chi connectivity index (χ1n) is 9.79. The Kier molecular flexibility index (Phi) is 6.35. The summed E-state index contributed by atoms with van der Waals surface area (Å²) in [5.41, 5.74) is 0. The molecule has 1 fully saturated rings. The molecule has 4 rings (SSSR count). The van der Waals surface area contributed by atoms with Crippen LogP contribution in [0.2, 0.25) is 0 Å². The highest BCUT2D eigenvalue weighted by Gasteiger charge is 2.32. The molecule has 8 nitrogen and oxygen atoms in total. The Labute approximate surface area is 179 Å². The molecule has 0 unspecified atom stereocenters. The predicted molar refractivity (Wildman–Crippen MR) is 116 cm³/mol. The SMILES string of the molecule is O=C(NCCSc1ncn[nH]1)C1CCN(S(=O)(=O)c2ccc3ccccc3c2)CC1. The summed E-state index contributed by atoms with van der Waals surface area (Å²) in [4.78, 5) is 16.7. The number of hydrogen-bond acceptors (Lipinski definition) is 6. The lowest BCUT2D eigenvalue weighted by molar-refractivity contribution is -0.125. The molecular weight excluding hydrogens is 422 g/mol. The second-order valence-corrected chi connectivity index (χ2v) is 10.1. The first-order valence-corrected chi connectivity index (χ1v) is 12.2.